The summed E-state index contributed by atoms with van der Waals surface area (Å²) in [6.45, 7) is 0. The Balaban J connectivity index is 0.000000405. The first-order valence-electron chi connectivity index (χ1n) is 6.90. The van der Waals surface area contributed by atoms with Crippen molar-refractivity contribution in [1.29, 1.82) is 0 Å². The molecular weight excluding hydrogens is 214 g/mol. The summed E-state index contributed by atoms with van der Waals surface area (Å²) in [6, 6.07) is 0. The molecule has 0 aliphatic heterocycles. The maximum atomic E-state index is 1.65. The predicted octanol–water partition coefficient (Wildman–Crippen LogP) is 2.03. The van der Waals surface area contributed by atoms with Gasteiger partial charge in [-0.1, -0.05) is 0 Å². The second kappa shape index (κ2) is 4.25. The van der Waals surface area contributed by atoms with Gasteiger partial charge in [0.15, 0.2) is 0 Å². The van der Waals surface area contributed by atoms with Crippen LogP contribution in [-0.4, -0.2) is 59.1 Å². The molecule has 7 fully saturated rings. The molecule has 0 saturated heterocycles. The Morgan fingerprint density at radius 3 is 0.750 bits per heavy atom. The molecule has 7 aliphatic rings. The van der Waals surface area contributed by atoms with Gasteiger partial charge in [-0.2, -0.15) is 0 Å². The molecule has 0 N–H and O–H groups in total. The first-order chi connectivity index (χ1) is 6.90. The Hall–Kier alpha value is 2.00. The standard InChI is InChI=1S/C14H20.2Na.2H/c1-7-2-12-10-4-8-5-11(9(1)10)13(3-7)14(12)6-8;;;;/h7-14H,1-6H2;;;;. The van der Waals surface area contributed by atoms with E-state index >= 15 is 0 Å². The summed E-state index contributed by atoms with van der Waals surface area (Å²) in [6.07, 6.45) is 9.93. The zero-order chi connectivity index (χ0) is 8.86. The van der Waals surface area contributed by atoms with Crippen LogP contribution in [0, 0.1) is 47.3 Å². The number of rotatable bonds is 0. The summed E-state index contributed by atoms with van der Waals surface area (Å²) in [5.74, 6) is 9.74. The molecule has 0 amide bonds. The van der Waals surface area contributed by atoms with Crippen LogP contribution in [0.2, 0.25) is 0 Å². The Bertz CT molecular complexity index is 214. The molecule has 0 aromatic carbocycles. The zero-order valence-corrected chi connectivity index (χ0v) is 8.86. The molecule has 0 radical (unpaired) electrons. The fourth-order valence-corrected chi connectivity index (χ4v) is 6.89. The summed E-state index contributed by atoms with van der Waals surface area (Å²) in [5, 5.41) is 0. The van der Waals surface area contributed by atoms with E-state index in [4.69, 9.17) is 0 Å². The van der Waals surface area contributed by atoms with Crippen molar-refractivity contribution in [2.24, 2.45) is 47.3 Å². The van der Waals surface area contributed by atoms with Gasteiger partial charge in [0, 0.05) is 0 Å². The molecular formula is C14H22Na2. The van der Waals surface area contributed by atoms with Crippen LogP contribution in [-0.2, 0) is 0 Å². The van der Waals surface area contributed by atoms with Crippen molar-refractivity contribution in [3.05, 3.63) is 0 Å². The van der Waals surface area contributed by atoms with Crippen LogP contribution in [0.1, 0.15) is 38.5 Å². The third kappa shape index (κ3) is 1.44. The van der Waals surface area contributed by atoms with Crippen LogP contribution in [0.4, 0.5) is 0 Å². The number of hydrogen-bond acceptors (Lipinski definition) is 0. The van der Waals surface area contributed by atoms with E-state index in [-0.39, 0.29) is 59.1 Å². The summed E-state index contributed by atoms with van der Waals surface area (Å²) in [7, 11) is 0. The topological polar surface area (TPSA) is 0 Å². The van der Waals surface area contributed by atoms with Crippen LogP contribution >= 0.6 is 0 Å². The second-order valence-corrected chi connectivity index (χ2v) is 7.13. The van der Waals surface area contributed by atoms with Crippen molar-refractivity contribution in [2.75, 3.05) is 0 Å². The minimum absolute atomic E-state index is 0. The molecule has 7 saturated carbocycles. The molecule has 0 atom stereocenters. The van der Waals surface area contributed by atoms with Gasteiger partial charge in [-0.05, 0) is 85.9 Å². The van der Waals surface area contributed by atoms with E-state index in [0.717, 1.165) is 0 Å². The van der Waals surface area contributed by atoms with Gasteiger partial charge in [0.05, 0.1) is 0 Å². The van der Waals surface area contributed by atoms with E-state index in [0.29, 0.717) is 0 Å². The average Bonchev–Trinajstić information content (AvgIpc) is 2.24. The molecule has 8 bridgehead atoms. The quantitative estimate of drug-likeness (QED) is 0.565. The molecule has 0 aromatic rings. The van der Waals surface area contributed by atoms with Crippen LogP contribution < -0.4 is 0 Å². The fraction of sp³-hybridized carbons (Fsp3) is 1.00. The van der Waals surface area contributed by atoms with Gasteiger partial charge in [0.25, 0.3) is 0 Å². The molecule has 0 spiro atoms. The van der Waals surface area contributed by atoms with E-state index in [2.05, 4.69) is 0 Å². The van der Waals surface area contributed by atoms with Gasteiger partial charge in [-0.15, -0.1) is 0 Å². The summed E-state index contributed by atoms with van der Waals surface area (Å²) < 4.78 is 0. The van der Waals surface area contributed by atoms with Crippen molar-refractivity contribution in [3.63, 3.8) is 0 Å². The predicted molar refractivity (Wildman–Crippen MR) is 69.9 cm³/mol. The summed E-state index contributed by atoms with van der Waals surface area (Å²) in [4.78, 5) is 0. The molecule has 0 aromatic heterocycles. The van der Waals surface area contributed by atoms with E-state index in [1.54, 1.807) is 38.5 Å². The van der Waals surface area contributed by atoms with Crippen molar-refractivity contribution in [3.8, 4) is 0 Å². The monoisotopic (exact) mass is 236 g/mol. The van der Waals surface area contributed by atoms with Crippen molar-refractivity contribution >= 4 is 59.1 Å². The Morgan fingerprint density at radius 1 is 0.375 bits per heavy atom. The molecule has 0 nitrogen and oxygen atoms in total. The van der Waals surface area contributed by atoms with E-state index in [1.165, 1.54) is 47.3 Å². The first-order valence-corrected chi connectivity index (χ1v) is 6.90. The van der Waals surface area contributed by atoms with Crippen LogP contribution in [0.25, 0.3) is 0 Å². The van der Waals surface area contributed by atoms with Crippen LogP contribution in [0.5, 0.6) is 0 Å². The van der Waals surface area contributed by atoms with Crippen molar-refractivity contribution in [2.45, 2.75) is 38.5 Å². The molecule has 80 valence electrons. The normalized spacial score (nSPS) is 63.0. The SMILES string of the molecule is C1C2CC3C4CC5CC(C14)C(C2)C3C5.[NaH].[NaH]. The fourth-order valence-electron chi connectivity index (χ4n) is 6.89. The Labute approximate surface area is 143 Å². The molecule has 16 heavy (non-hydrogen) atoms. The number of hydrogen-bond donors (Lipinski definition) is 0. The molecule has 2 heteroatoms. The minimum atomic E-state index is 0. The van der Waals surface area contributed by atoms with E-state index < -0.39 is 0 Å². The molecule has 7 rings (SSSR count). The Kier molecular flexibility index (Phi) is 3.45. The van der Waals surface area contributed by atoms with Gasteiger partial charge >= 0.3 is 59.1 Å². The van der Waals surface area contributed by atoms with Gasteiger partial charge < -0.3 is 0 Å². The van der Waals surface area contributed by atoms with Crippen molar-refractivity contribution < 1.29 is 0 Å². The molecule has 0 heterocycles. The molecule has 0 unspecified atom stereocenters. The first kappa shape index (κ1) is 13.0. The van der Waals surface area contributed by atoms with Gasteiger partial charge in [-0.25, -0.2) is 0 Å². The average molecular weight is 236 g/mol. The van der Waals surface area contributed by atoms with Crippen molar-refractivity contribution in [1.82, 2.24) is 0 Å². The summed E-state index contributed by atoms with van der Waals surface area (Å²) >= 11 is 0. The third-order valence-electron chi connectivity index (χ3n) is 6.93. The Morgan fingerprint density at radius 2 is 0.562 bits per heavy atom. The second-order valence-electron chi connectivity index (χ2n) is 7.13. The maximum absolute atomic E-state index is 1.65. The van der Waals surface area contributed by atoms with E-state index in [9.17, 15) is 0 Å². The van der Waals surface area contributed by atoms with E-state index in [1.807, 2.05) is 0 Å². The van der Waals surface area contributed by atoms with Crippen LogP contribution in [0.3, 0.4) is 0 Å². The molecule has 7 aliphatic carbocycles. The van der Waals surface area contributed by atoms with Crippen LogP contribution in [0.15, 0.2) is 0 Å². The summed E-state index contributed by atoms with van der Waals surface area (Å²) in [5.41, 5.74) is 0. The zero-order valence-electron chi connectivity index (χ0n) is 8.86. The third-order valence-corrected chi connectivity index (χ3v) is 6.93. The van der Waals surface area contributed by atoms with Gasteiger partial charge in [0.2, 0.25) is 0 Å². The van der Waals surface area contributed by atoms with Gasteiger partial charge in [0.1, 0.15) is 0 Å². The van der Waals surface area contributed by atoms with Gasteiger partial charge in [-0.3, -0.25) is 0 Å².